The maximum Gasteiger partial charge on any atom is 0.410 e. The monoisotopic (exact) mass is 412 g/mol. The SMILES string of the molecule is CC(C)(C)OC(=O)N1CCOCC1COc1cc(N2CCCCC2)c(F)cc1F. The molecule has 1 amide bonds. The minimum Gasteiger partial charge on any atom is -0.488 e. The lowest BCUT2D eigenvalue weighted by atomic mass is 10.1. The molecule has 1 aromatic rings. The summed E-state index contributed by atoms with van der Waals surface area (Å²) in [5.41, 5.74) is -0.266. The first-order chi connectivity index (χ1) is 13.7. The Morgan fingerprint density at radius 3 is 2.55 bits per heavy atom. The van der Waals surface area contributed by atoms with Crippen LogP contribution in [0.4, 0.5) is 19.3 Å². The van der Waals surface area contributed by atoms with Crippen molar-refractivity contribution in [2.75, 3.05) is 44.4 Å². The first-order valence-corrected chi connectivity index (χ1v) is 10.2. The second-order valence-corrected chi connectivity index (χ2v) is 8.50. The number of nitrogens with zero attached hydrogens (tertiary/aromatic N) is 2. The molecule has 162 valence electrons. The molecule has 1 atom stereocenters. The highest BCUT2D eigenvalue weighted by Crippen LogP contribution is 2.30. The predicted molar refractivity (Wildman–Crippen MR) is 105 cm³/mol. The summed E-state index contributed by atoms with van der Waals surface area (Å²) in [7, 11) is 0. The number of morpholine rings is 1. The Labute approximate surface area is 170 Å². The summed E-state index contributed by atoms with van der Waals surface area (Å²) in [5, 5.41) is 0. The van der Waals surface area contributed by atoms with Crippen molar-refractivity contribution in [3.8, 4) is 5.75 Å². The van der Waals surface area contributed by atoms with Crippen LogP contribution < -0.4 is 9.64 Å². The minimum absolute atomic E-state index is 0.0262. The summed E-state index contributed by atoms with van der Waals surface area (Å²) in [4.78, 5) is 15.9. The number of benzene rings is 1. The summed E-state index contributed by atoms with van der Waals surface area (Å²) in [6, 6.07) is 1.86. The van der Waals surface area contributed by atoms with Crippen LogP contribution in [0.25, 0.3) is 0 Å². The molecule has 3 rings (SSSR count). The van der Waals surface area contributed by atoms with Crippen molar-refractivity contribution >= 4 is 11.8 Å². The lowest BCUT2D eigenvalue weighted by Gasteiger charge is -2.36. The third kappa shape index (κ3) is 5.72. The zero-order chi connectivity index (χ0) is 21.0. The maximum absolute atomic E-state index is 14.3. The maximum atomic E-state index is 14.3. The fourth-order valence-corrected chi connectivity index (χ4v) is 3.55. The van der Waals surface area contributed by atoms with Crippen LogP contribution in [0.5, 0.6) is 5.75 Å². The molecule has 0 radical (unpaired) electrons. The molecule has 0 spiro atoms. The fraction of sp³-hybridized carbons (Fsp3) is 0.667. The van der Waals surface area contributed by atoms with Gasteiger partial charge in [-0.2, -0.15) is 0 Å². The zero-order valence-electron chi connectivity index (χ0n) is 17.4. The molecule has 2 heterocycles. The number of carbonyl (C=O) groups is 1. The van der Waals surface area contributed by atoms with E-state index in [2.05, 4.69) is 0 Å². The number of amides is 1. The van der Waals surface area contributed by atoms with Gasteiger partial charge in [-0.3, -0.25) is 4.90 Å². The Bertz CT molecular complexity index is 717. The van der Waals surface area contributed by atoms with Gasteiger partial charge in [0.2, 0.25) is 0 Å². The third-order valence-corrected chi connectivity index (χ3v) is 4.98. The van der Waals surface area contributed by atoms with E-state index >= 15 is 0 Å². The van der Waals surface area contributed by atoms with Crippen molar-refractivity contribution in [1.82, 2.24) is 4.90 Å². The Kier molecular flexibility index (Phi) is 6.82. The number of hydrogen-bond donors (Lipinski definition) is 0. The average molecular weight is 412 g/mol. The van der Waals surface area contributed by atoms with Crippen LogP contribution in [-0.4, -0.2) is 62.1 Å². The van der Waals surface area contributed by atoms with Gasteiger partial charge in [-0.25, -0.2) is 13.6 Å². The van der Waals surface area contributed by atoms with Crippen molar-refractivity contribution in [2.24, 2.45) is 0 Å². The zero-order valence-corrected chi connectivity index (χ0v) is 17.4. The van der Waals surface area contributed by atoms with E-state index in [9.17, 15) is 13.6 Å². The number of rotatable bonds is 4. The molecule has 0 aromatic heterocycles. The molecule has 1 aromatic carbocycles. The van der Waals surface area contributed by atoms with Gasteiger partial charge in [-0.15, -0.1) is 0 Å². The van der Waals surface area contributed by atoms with Crippen LogP contribution in [0.3, 0.4) is 0 Å². The quantitative estimate of drug-likeness (QED) is 0.749. The number of halogens is 2. The van der Waals surface area contributed by atoms with Crippen LogP contribution in [-0.2, 0) is 9.47 Å². The van der Waals surface area contributed by atoms with Gasteiger partial charge in [0, 0.05) is 31.8 Å². The number of carbonyl (C=O) groups excluding carboxylic acids is 1. The smallest absolute Gasteiger partial charge is 0.410 e. The van der Waals surface area contributed by atoms with Crippen molar-refractivity contribution in [2.45, 2.75) is 51.7 Å². The average Bonchev–Trinajstić information content (AvgIpc) is 2.67. The molecule has 6 nitrogen and oxygen atoms in total. The Morgan fingerprint density at radius 1 is 1.14 bits per heavy atom. The van der Waals surface area contributed by atoms with Crippen LogP contribution >= 0.6 is 0 Å². The molecule has 1 unspecified atom stereocenters. The highest BCUT2D eigenvalue weighted by atomic mass is 19.1. The summed E-state index contributed by atoms with van der Waals surface area (Å²) < 4.78 is 45.2. The second-order valence-electron chi connectivity index (χ2n) is 8.50. The van der Waals surface area contributed by atoms with Crippen molar-refractivity contribution < 1.29 is 27.8 Å². The number of piperidine rings is 1. The van der Waals surface area contributed by atoms with Crippen LogP contribution in [0.1, 0.15) is 40.0 Å². The molecule has 8 heteroatoms. The van der Waals surface area contributed by atoms with E-state index in [-0.39, 0.29) is 19.0 Å². The van der Waals surface area contributed by atoms with Crippen molar-refractivity contribution in [3.63, 3.8) is 0 Å². The van der Waals surface area contributed by atoms with Gasteiger partial charge in [0.15, 0.2) is 11.6 Å². The van der Waals surface area contributed by atoms with Gasteiger partial charge < -0.3 is 19.1 Å². The molecule has 0 bridgehead atoms. The Hall–Kier alpha value is -2.09. The van der Waals surface area contributed by atoms with Gasteiger partial charge in [0.05, 0.1) is 24.9 Å². The summed E-state index contributed by atoms with van der Waals surface area (Å²) >= 11 is 0. The minimum atomic E-state index is -0.760. The highest BCUT2D eigenvalue weighted by molar-refractivity contribution is 5.68. The topological polar surface area (TPSA) is 51.2 Å². The standard InChI is InChI=1S/C21H30F2N2O4/c1-21(2,3)29-20(26)25-9-10-27-13-15(25)14-28-19-12-18(16(22)11-17(19)23)24-7-5-4-6-8-24/h11-12,15H,4-10,13-14H2,1-3H3. The van der Waals surface area contributed by atoms with E-state index in [0.29, 0.717) is 18.8 Å². The van der Waals surface area contributed by atoms with E-state index < -0.39 is 29.4 Å². The first-order valence-electron chi connectivity index (χ1n) is 10.2. The molecule has 0 N–H and O–H groups in total. The van der Waals surface area contributed by atoms with Crippen LogP contribution in [0.15, 0.2) is 12.1 Å². The molecule has 0 saturated carbocycles. The second kappa shape index (κ2) is 9.15. The Balaban J connectivity index is 1.69. The molecular formula is C21H30F2N2O4. The normalized spacial score (nSPS) is 20.5. The number of anilines is 1. The third-order valence-electron chi connectivity index (χ3n) is 4.98. The van der Waals surface area contributed by atoms with Gasteiger partial charge in [-0.05, 0) is 40.0 Å². The van der Waals surface area contributed by atoms with Gasteiger partial charge in [-0.1, -0.05) is 0 Å². The number of ether oxygens (including phenoxy) is 3. The van der Waals surface area contributed by atoms with Crippen LogP contribution in [0, 0.1) is 11.6 Å². The molecule has 2 fully saturated rings. The molecule has 2 saturated heterocycles. The molecule has 2 aliphatic heterocycles. The predicted octanol–water partition coefficient (Wildman–Crippen LogP) is 3.97. The lowest BCUT2D eigenvalue weighted by molar-refractivity contribution is -0.0420. The van der Waals surface area contributed by atoms with E-state index in [1.165, 1.54) is 6.07 Å². The van der Waals surface area contributed by atoms with Crippen LogP contribution in [0.2, 0.25) is 0 Å². The van der Waals surface area contributed by atoms with Crippen molar-refractivity contribution in [1.29, 1.82) is 0 Å². The molecule has 0 aliphatic carbocycles. The van der Waals surface area contributed by atoms with E-state index in [4.69, 9.17) is 14.2 Å². The largest absolute Gasteiger partial charge is 0.488 e. The summed E-state index contributed by atoms with van der Waals surface area (Å²) in [6.45, 7) is 7.94. The first kappa shape index (κ1) is 21.6. The summed E-state index contributed by atoms with van der Waals surface area (Å²) in [5.74, 6) is -1.38. The number of hydrogen-bond acceptors (Lipinski definition) is 5. The van der Waals surface area contributed by atoms with E-state index in [0.717, 1.165) is 38.4 Å². The molecular weight excluding hydrogens is 382 g/mol. The van der Waals surface area contributed by atoms with Gasteiger partial charge in [0.25, 0.3) is 0 Å². The van der Waals surface area contributed by atoms with Crippen molar-refractivity contribution in [3.05, 3.63) is 23.8 Å². The molecule has 29 heavy (non-hydrogen) atoms. The van der Waals surface area contributed by atoms with Gasteiger partial charge in [0.1, 0.15) is 18.0 Å². The highest BCUT2D eigenvalue weighted by Gasteiger charge is 2.32. The van der Waals surface area contributed by atoms with E-state index in [1.807, 2.05) is 4.90 Å². The fourth-order valence-electron chi connectivity index (χ4n) is 3.55. The lowest BCUT2D eigenvalue weighted by Crippen LogP contribution is -2.52. The molecule has 2 aliphatic rings. The van der Waals surface area contributed by atoms with Gasteiger partial charge >= 0.3 is 6.09 Å². The van der Waals surface area contributed by atoms with E-state index in [1.54, 1.807) is 25.7 Å². The Morgan fingerprint density at radius 2 is 1.86 bits per heavy atom. The summed E-state index contributed by atoms with van der Waals surface area (Å²) in [6.07, 6.45) is 2.63.